The molecule has 0 fully saturated rings. The third kappa shape index (κ3) is 3.51. The van der Waals surface area contributed by atoms with Gasteiger partial charge in [0.05, 0.1) is 6.07 Å². The lowest BCUT2D eigenvalue weighted by atomic mass is 10.1. The van der Waals surface area contributed by atoms with Crippen LogP contribution in [0.5, 0.6) is 0 Å². The van der Waals surface area contributed by atoms with Crippen LogP contribution in [0.3, 0.4) is 0 Å². The fourth-order valence-corrected chi connectivity index (χ4v) is 1.11. The van der Waals surface area contributed by atoms with Gasteiger partial charge in [-0.3, -0.25) is 0 Å². The zero-order chi connectivity index (χ0) is 12.2. The first-order valence-corrected chi connectivity index (χ1v) is 5.19. The van der Waals surface area contributed by atoms with Gasteiger partial charge in [-0.1, -0.05) is 0 Å². The van der Waals surface area contributed by atoms with Gasteiger partial charge in [0.15, 0.2) is 0 Å². The molecule has 0 atom stereocenters. The molecular formula is C9H13ClN6. The molecule has 0 radical (unpaired) electrons. The van der Waals surface area contributed by atoms with Gasteiger partial charge < -0.3 is 10.6 Å². The Kier molecular flexibility index (Phi) is 3.85. The van der Waals surface area contributed by atoms with E-state index in [1.807, 2.05) is 6.92 Å². The topological polar surface area (TPSA) is 86.5 Å². The third-order valence-electron chi connectivity index (χ3n) is 1.65. The smallest absolute Gasteiger partial charge is 0.230 e. The summed E-state index contributed by atoms with van der Waals surface area (Å²) in [4.78, 5) is 11.9. The van der Waals surface area contributed by atoms with E-state index in [-0.39, 0.29) is 11.2 Å². The zero-order valence-electron chi connectivity index (χ0n) is 9.37. The highest BCUT2D eigenvalue weighted by Crippen LogP contribution is 2.13. The number of rotatable bonds is 4. The number of anilines is 2. The monoisotopic (exact) mass is 244 g/mol. The minimum atomic E-state index is -0.756. The summed E-state index contributed by atoms with van der Waals surface area (Å²) in [5.41, 5.74) is -0.756. The Hall–Kier alpha value is -1.61. The van der Waals surface area contributed by atoms with Crippen LogP contribution in [-0.2, 0) is 0 Å². The van der Waals surface area contributed by atoms with Crippen molar-refractivity contribution in [3.8, 4) is 6.07 Å². The average Bonchev–Trinajstić information content (AvgIpc) is 2.16. The normalized spacial score (nSPS) is 10.7. The van der Waals surface area contributed by atoms with E-state index in [0.717, 1.165) is 0 Å². The Morgan fingerprint density at radius 1 is 1.31 bits per heavy atom. The van der Waals surface area contributed by atoms with Crippen molar-refractivity contribution >= 4 is 23.5 Å². The van der Waals surface area contributed by atoms with Crippen LogP contribution in [0.2, 0.25) is 5.28 Å². The molecule has 6 nitrogen and oxygen atoms in total. The predicted octanol–water partition coefficient (Wildman–Crippen LogP) is 1.67. The van der Waals surface area contributed by atoms with Crippen LogP contribution in [0.15, 0.2) is 0 Å². The van der Waals surface area contributed by atoms with E-state index < -0.39 is 5.54 Å². The molecule has 0 bridgehead atoms. The van der Waals surface area contributed by atoms with Gasteiger partial charge in [-0.25, -0.2) is 0 Å². The summed E-state index contributed by atoms with van der Waals surface area (Å²) in [6.45, 7) is 6.04. The fraction of sp³-hybridized carbons (Fsp3) is 0.556. The van der Waals surface area contributed by atoms with Crippen LogP contribution in [0.4, 0.5) is 11.9 Å². The number of nitriles is 1. The van der Waals surface area contributed by atoms with Gasteiger partial charge in [0.25, 0.3) is 0 Å². The van der Waals surface area contributed by atoms with Crippen molar-refractivity contribution in [2.75, 3.05) is 17.2 Å². The first kappa shape index (κ1) is 12.5. The minimum Gasteiger partial charge on any atom is -0.354 e. The van der Waals surface area contributed by atoms with Gasteiger partial charge in [0.1, 0.15) is 5.54 Å². The fourth-order valence-electron chi connectivity index (χ4n) is 0.951. The summed E-state index contributed by atoms with van der Waals surface area (Å²) in [7, 11) is 0. The highest BCUT2D eigenvalue weighted by molar-refractivity contribution is 6.28. The number of nitrogens with zero attached hydrogens (tertiary/aromatic N) is 4. The molecule has 1 rings (SSSR count). The number of hydrogen-bond acceptors (Lipinski definition) is 6. The molecule has 1 heterocycles. The number of nitrogens with one attached hydrogen (secondary N) is 2. The minimum absolute atomic E-state index is 0.0854. The molecule has 0 aliphatic heterocycles. The predicted molar refractivity (Wildman–Crippen MR) is 62.3 cm³/mol. The average molecular weight is 245 g/mol. The van der Waals surface area contributed by atoms with Crippen molar-refractivity contribution in [1.29, 1.82) is 5.26 Å². The molecule has 0 amide bonds. The summed E-state index contributed by atoms with van der Waals surface area (Å²) >= 11 is 5.73. The van der Waals surface area contributed by atoms with Gasteiger partial charge in [-0.15, -0.1) is 0 Å². The quantitative estimate of drug-likeness (QED) is 0.784. The largest absolute Gasteiger partial charge is 0.354 e. The molecule has 0 spiro atoms. The Bertz CT molecular complexity index is 411. The van der Waals surface area contributed by atoms with E-state index in [4.69, 9.17) is 16.9 Å². The van der Waals surface area contributed by atoms with Crippen molar-refractivity contribution in [3.05, 3.63) is 5.28 Å². The van der Waals surface area contributed by atoms with Gasteiger partial charge >= 0.3 is 0 Å². The molecule has 0 saturated heterocycles. The second kappa shape index (κ2) is 4.94. The van der Waals surface area contributed by atoms with Gasteiger partial charge in [-0.2, -0.15) is 20.2 Å². The lowest BCUT2D eigenvalue weighted by molar-refractivity contribution is 0.715. The van der Waals surface area contributed by atoms with Crippen LogP contribution < -0.4 is 10.6 Å². The maximum absolute atomic E-state index is 8.87. The second-order valence-corrected chi connectivity index (χ2v) is 3.98. The van der Waals surface area contributed by atoms with E-state index in [2.05, 4.69) is 31.7 Å². The van der Waals surface area contributed by atoms with Crippen LogP contribution in [-0.4, -0.2) is 27.0 Å². The van der Waals surface area contributed by atoms with Crippen molar-refractivity contribution in [3.63, 3.8) is 0 Å². The molecule has 86 valence electrons. The maximum Gasteiger partial charge on any atom is 0.230 e. The Balaban J connectivity index is 2.93. The summed E-state index contributed by atoms with van der Waals surface area (Å²) in [5.74, 6) is 0.668. The molecule has 0 aliphatic carbocycles. The molecule has 0 unspecified atom stereocenters. The van der Waals surface area contributed by atoms with Crippen LogP contribution in [0, 0.1) is 11.3 Å². The first-order chi connectivity index (χ1) is 7.46. The molecule has 0 saturated carbocycles. The maximum atomic E-state index is 8.87. The molecule has 0 aliphatic rings. The van der Waals surface area contributed by atoms with Gasteiger partial charge in [0, 0.05) is 6.54 Å². The van der Waals surface area contributed by atoms with E-state index in [9.17, 15) is 0 Å². The SMILES string of the molecule is C[13CH2]N[13c]1n[13c](Cl)n[13c](NC(C)(C)C#N)n1. The third-order valence-corrected chi connectivity index (χ3v) is 1.82. The summed E-state index contributed by atoms with van der Waals surface area (Å²) in [5, 5.41) is 14.7. The Morgan fingerprint density at radius 2 is 1.94 bits per heavy atom. The number of hydrogen-bond donors (Lipinski definition) is 2. The van der Waals surface area contributed by atoms with E-state index in [1.165, 1.54) is 0 Å². The van der Waals surface area contributed by atoms with E-state index in [1.54, 1.807) is 13.8 Å². The Morgan fingerprint density at radius 3 is 2.50 bits per heavy atom. The van der Waals surface area contributed by atoms with Gasteiger partial charge in [-0.05, 0) is 32.4 Å². The van der Waals surface area contributed by atoms with E-state index in [0.29, 0.717) is 12.5 Å². The molecule has 7 heteroatoms. The molecule has 2 N–H and O–H groups in total. The summed E-state index contributed by atoms with van der Waals surface area (Å²) in [6.07, 6.45) is 0. The standard InChI is InChI=1S/C9H13ClN6/c1-4-12-7-13-6(10)14-8(15-7)16-9(2,3)5-11/h4H2,1-3H3,(H2,12,13,14,15,16)/i4+1,6+1,7+1,8+1. The van der Waals surface area contributed by atoms with Crippen molar-refractivity contribution in [1.82, 2.24) is 15.0 Å². The van der Waals surface area contributed by atoms with Gasteiger partial charge in [0.2, 0.25) is 17.2 Å². The lowest BCUT2D eigenvalue weighted by Crippen LogP contribution is -2.29. The summed E-state index contributed by atoms with van der Waals surface area (Å²) in [6, 6.07) is 2.09. The number of aromatic nitrogens is 3. The molecular weight excluding hydrogens is 232 g/mol. The molecule has 1 aromatic rings. The second-order valence-electron chi connectivity index (χ2n) is 3.64. The van der Waals surface area contributed by atoms with Crippen LogP contribution >= 0.6 is 11.6 Å². The first-order valence-electron chi connectivity index (χ1n) is 4.81. The summed E-state index contributed by atoms with van der Waals surface area (Å²) < 4.78 is 0. The van der Waals surface area contributed by atoms with Crippen LogP contribution in [0.1, 0.15) is 20.8 Å². The van der Waals surface area contributed by atoms with Crippen molar-refractivity contribution < 1.29 is 0 Å². The number of halogens is 1. The molecule has 16 heavy (non-hydrogen) atoms. The van der Waals surface area contributed by atoms with Crippen LogP contribution in [0.25, 0.3) is 0 Å². The van der Waals surface area contributed by atoms with Crippen molar-refractivity contribution in [2.45, 2.75) is 26.3 Å². The van der Waals surface area contributed by atoms with E-state index >= 15 is 0 Å². The zero-order valence-corrected chi connectivity index (χ0v) is 10.1. The van der Waals surface area contributed by atoms with Crippen molar-refractivity contribution in [2.24, 2.45) is 0 Å². The highest BCUT2D eigenvalue weighted by atomic mass is 35.5. The lowest BCUT2D eigenvalue weighted by Gasteiger charge is -2.17. The molecule has 0 aromatic carbocycles. The Labute approximate surface area is 99.1 Å². The highest BCUT2D eigenvalue weighted by Gasteiger charge is 2.18. The molecule has 1 aromatic heterocycles.